The van der Waals surface area contributed by atoms with Crippen LogP contribution in [0.15, 0.2) is 29.2 Å². The van der Waals surface area contributed by atoms with Crippen LogP contribution in [0.25, 0.3) is 5.57 Å². The first-order chi connectivity index (χ1) is 14.7. The van der Waals surface area contributed by atoms with Gasteiger partial charge in [0.15, 0.2) is 0 Å². The molecule has 0 bridgehead atoms. The number of hydrogen-bond donors (Lipinski definition) is 1. The van der Waals surface area contributed by atoms with Gasteiger partial charge in [0.25, 0.3) is 5.91 Å². The lowest BCUT2D eigenvalue weighted by Gasteiger charge is -2.36. The first-order valence-electron chi connectivity index (χ1n) is 9.92. The number of amides is 1. The highest BCUT2D eigenvalue weighted by atomic mass is 32.1. The number of carbonyl (C=O) groups excluding carboxylic acids is 1. The summed E-state index contributed by atoms with van der Waals surface area (Å²) in [4.78, 5) is 17.3. The quantitative estimate of drug-likeness (QED) is 0.668. The van der Waals surface area contributed by atoms with Crippen LogP contribution in [0.3, 0.4) is 0 Å². The molecule has 1 spiro atoms. The highest BCUT2D eigenvalue weighted by molar-refractivity contribution is 7.10. The molecular formula is C22H20F3N3O2S. The third kappa shape index (κ3) is 4.30. The van der Waals surface area contributed by atoms with E-state index in [0.29, 0.717) is 35.6 Å². The van der Waals surface area contributed by atoms with Crippen LogP contribution in [0.1, 0.15) is 47.5 Å². The molecule has 5 nitrogen and oxygen atoms in total. The van der Waals surface area contributed by atoms with E-state index < -0.39 is 24.0 Å². The van der Waals surface area contributed by atoms with Crippen molar-refractivity contribution in [1.29, 1.82) is 5.26 Å². The molecule has 0 radical (unpaired) electrons. The average molecular weight is 447 g/mol. The highest BCUT2D eigenvalue weighted by Crippen LogP contribution is 2.47. The van der Waals surface area contributed by atoms with Crippen molar-refractivity contribution >= 4 is 22.8 Å². The van der Waals surface area contributed by atoms with Crippen molar-refractivity contribution in [3.05, 3.63) is 51.0 Å². The number of nitrogens with zero attached hydrogens (tertiary/aromatic N) is 2. The summed E-state index contributed by atoms with van der Waals surface area (Å²) in [5.74, 6) is 0.112. The van der Waals surface area contributed by atoms with E-state index in [2.05, 4.69) is 10.3 Å². The van der Waals surface area contributed by atoms with Gasteiger partial charge < -0.3 is 10.1 Å². The Hall–Kier alpha value is -2.86. The van der Waals surface area contributed by atoms with E-state index in [1.807, 2.05) is 30.5 Å². The van der Waals surface area contributed by atoms with Gasteiger partial charge in [-0.25, -0.2) is 4.98 Å². The van der Waals surface area contributed by atoms with E-state index >= 15 is 0 Å². The van der Waals surface area contributed by atoms with Gasteiger partial charge in [-0.2, -0.15) is 18.4 Å². The summed E-state index contributed by atoms with van der Waals surface area (Å²) >= 11 is 1.42. The standard InChI is InChI=1S/C22H20F3N3O2S/c1-13-12-31-20(27-13)16-10-21(28-19(29)17(16)11-26)7-5-14-9-15(3-4-18(14)21)30-8-2-6-22(23,24)25/h3-4,9,12H,2,5-8,10H2,1H3,(H,28,29)/t21-/m0/s1. The predicted octanol–water partition coefficient (Wildman–Crippen LogP) is 4.81. The first kappa shape index (κ1) is 21.4. The number of aromatic nitrogens is 1. The fourth-order valence-electron chi connectivity index (χ4n) is 4.24. The maximum Gasteiger partial charge on any atom is 0.389 e. The predicted molar refractivity (Wildman–Crippen MR) is 109 cm³/mol. The monoisotopic (exact) mass is 447 g/mol. The second-order valence-corrected chi connectivity index (χ2v) is 8.72. The molecule has 2 aromatic rings. The number of carbonyl (C=O) groups is 1. The number of nitrogens with one attached hydrogen (secondary N) is 1. The van der Waals surface area contributed by atoms with Crippen molar-refractivity contribution in [3.63, 3.8) is 0 Å². The Kier molecular flexibility index (Phi) is 5.52. The van der Waals surface area contributed by atoms with Gasteiger partial charge in [0, 0.05) is 29.5 Å². The van der Waals surface area contributed by atoms with Crippen LogP contribution in [0.5, 0.6) is 5.75 Å². The van der Waals surface area contributed by atoms with E-state index in [-0.39, 0.29) is 18.6 Å². The van der Waals surface area contributed by atoms with Gasteiger partial charge in [-0.3, -0.25) is 4.79 Å². The van der Waals surface area contributed by atoms with Gasteiger partial charge in [0.2, 0.25) is 0 Å². The molecule has 1 aromatic carbocycles. The van der Waals surface area contributed by atoms with Crippen molar-refractivity contribution in [2.24, 2.45) is 0 Å². The molecule has 0 saturated heterocycles. The Balaban J connectivity index is 1.56. The van der Waals surface area contributed by atoms with E-state index in [1.165, 1.54) is 11.3 Å². The third-order valence-corrected chi connectivity index (χ3v) is 6.66. The van der Waals surface area contributed by atoms with Gasteiger partial charge in [0.1, 0.15) is 22.4 Å². The number of rotatable bonds is 5. The molecule has 0 saturated carbocycles. The van der Waals surface area contributed by atoms with Crippen LogP contribution in [-0.2, 0) is 16.8 Å². The van der Waals surface area contributed by atoms with Gasteiger partial charge in [0.05, 0.1) is 12.1 Å². The maximum atomic E-state index is 12.8. The zero-order valence-corrected chi connectivity index (χ0v) is 17.6. The summed E-state index contributed by atoms with van der Waals surface area (Å²) in [5.41, 5.74) is 2.90. The van der Waals surface area contributed by atoms with Gasteiger partial charge in [-0.05, 0) is 49.4 Å². The van der Waals surface area contributed by atoms with Crippen molar-refractivity contribution in [3.8, 4) is 11.8 Å². The number of alkyl halides is 3. The van der Waals surface area contributed by atoms with E-state index in [4.69, 9.17) is 4.74 Å². The minimum absolute atomic E-state index is 0.0119. The Labute approximate surface area is 181 Å². The van der Waals surface area contributed by atoms with Crippen molar-refractivity contribution in [2.45, 2.75) is 50.7 Å². The molecule has 2 aliphatic rings. The Bertz CT molecular complexity index is 1100. The topological polar surface area (TPSA) is 75.0 Å². The lowest BCUT2D eigenvalue weighted by molar-refractivity contribution is -0.136. The van der Waals surface area contributed by atoms with Crippen LogP contribution < -0.4 is 10.1 Å². The third-order valence-electron chi connectivity index (χ3n) is 5.64. The number of aryl methyl sites for hydroxylation is 2. The van der Waals surface area contributed by atoms with Crippen molar-refractivity contribution in [1.82, 2.24) is 10.3 Å². The lowest BCUT2D eigenvalue weighted by atomic mass is 9.80. The fraction of sp³-hybridized carbons (Fsp3) is 0.409. The van der Waals surface area contributed by atoms with Gasteiger partial charge in [-0.1, -0.05) is 6.07 Å². The fourth-order valence-corrected chi connectivity index (χ4v) is 5.09. The molecule has 9 heteroatoms. The van der Waals surface area contributed by atoms with Crippen molar-refractivity contribution < 1.29 is 22.7 Å². The zero-order valence-electron chi connectivity index (χ0n) is 16.8. The van der Waals surface area contributed by atoms with E-state index in [0.717, 1.165) is 16.8 Å². The van der Waals surface area contributed by atoms with Crippen molar-refractivity contribution in [2.75, 3.05) is 6.61 Å². The summed E-state index contributed by atoms with van der Waals surface area (Å²) in [7, 11) is 0. The van der Waals surface area contributed by atoms with Crippen LogP contribution in [0.4, 0.5) is 13.2 Å². The lowest BCUT2D eigenvalue weighted by Crippen LogP contribution is -2.48. The molecule has 4 rings (SSSR count). The summed E-state index contributed by atoms with van der Waals surface area (Å²) in [5, 5.41) is 15.1. The molecule has 162 valence electrons. The summed E-state index contributed by atoms with van der Waals surface area (Å²) in [6.45, 7) is 1.86. The normalized spacial score (nSPS) is 20.5. The zero-order chi connectivity index (χ0) is 22.2. The first-order valence-corrected chi connectivity index (χ1v) is 10.8. The molecule has 1 aromatic heterocycles. The average Bonchev–Trinajstić information content (AvgIpc) is 3.28. The molecular weight excluding hydrogens is 427 g/mol. The van der Waals surface area contributed by atoms with Crippen LogP contribution in [-0.4, -0.2) is 23.7 Å². The van der Waals surface area contributed by atoms with Crippen LogP contribution >= 0.6 is 11.3 Å². The second-order valence-electron chi connectivity index (χ2n) is 7.86. The van der Waals surface area contributed by atoms with Crippen LogP contribution in [0.2, 0.25) is 0 Å². The Morgan fingerprint density at radius 3 is 2.87 bits per heavy atom. The summed E-state index contributed by atoms with van der Waals surface area (Å²) in [6.07, 6.45) is -3.33. The number of thiazole rings is 1. The van der Waals surface area contributed by atoms with Gasteiger partial charge >= 0.3 is 6.18 Å². The van der Waals surface area contributed by atoms with Crippen LogP contribution in [0, 0.1) is 18.3 Å². The summed E-state index contributed by atoms with van der Waals surface area (Å²) in [6, 6.07) is 7.45. The SMILES string of the molecule is Cc1csc(C2=C(C#N)C(=O)N[C@@]3(CCc4cc(OCCCC(F)(F)F)ccc43)C2)n1. The molecule has 2 heterocycles. The smallest absolute Gasteiger partial charge is 0.389 e. The number of ether oxygens (including phenoxy) is 1. The summed E-state index contributed by atoms with van der Waals surface area (Å²) < 4.78 is 42.4. The van der Waals surface area contributed by atoms with Gasteiger partial charge in [-0.15, -0.1) is 11.3 Å². The molecule has 1 atom stereocenters. The Morgan fingerprint density at radius 1 is 1.39 bits per heavy atom. The number of nitriles is 1. The van der Waals surface area contributed by atoms with E-state index in [1.54, 1.807) is 6.07 Å². The molecule has 1 aliphatic carbocycles. The number of benzene rings is 1. The number of hydrogen-bond acceptors (Lipinski definition) is 5. The molecule has 1 aliphatic heterocycles. The largest absolute Gasteiger partial charge is 0.494 e. The minimum atomic E-state index is -4.18. The molecule has 1 N–H and O–H groups in total. The minimum Gasteiger partial charge on any atom is -0.494 e. The molecule has 31 heavy (non-hydrogen) atoms. The molecule has 0 unspecified atom stereocenters. The highest BCUT2D eigenvalue weighted by Gasteiger charge is 2.45. The molecule has 1 amide bonds. The number of fused-ring (bicyclic) bond motifs is 2. The second kappa shape index (κ2) is 8.00. The molecule has 0 fully saturated rings. The van der Waals surface area contributed by atoms with E-state index in [9.17, 15) is 23.2 Å². The maximum absolute atomic E-state index is 12.8. The number of halogens is 3. The Morgan fingerprint density at radius 2 is 2.19 bits per heavy atom.